The van der Waals surface area contributed by atoms with Crippen LogP contribution in [0.15, 0.2) is 5.38 Å². The smallest absolute Gasteiger partial charge is 0.135 e. The molecule has 0 bridgehead atoms. The monoisotopic (exact) mass is 290 g/mol. The van der Waals surface area contributed by atoms with Gasteiger partial charge in [-0.05, 0) is 20.8 Å². The van der Waals surface area contributed by atoms with Gasteiger partial charge in [-0.25, -0.2) is 15.0 Å². The first-order chi connectivity index (χ1) is 9.45. The predicted molar refractivity (Wildman–Crippen MR) is 83.1 cm³/mol. The van der Waals surface area contributed by atoms with E-state index in [4.69, 9.17) is 0 Å². The molecule has 0 atom stereocenters. The molecule has 0 amide bonds. The van der Waals surface area contributed by atoms with E-state index in [-0.39, 0.29) is 0 Å². The highest BCUT2D eigenvalue weighted by Crippen LogP contribution is 2.15. The normalized spacial score (nSPS) is 11.3. The fourth-order valence-electron chi connectivity index (χ4n) is 2.07. The fourth-order valence-corrected chi connectivity index (χ4v) is 2.84. The molecular weight excluding hydrogens is 268 g/mol. The van der Waals surface area contributed by atoms with E-state index in [0.717, 1.165) is 40.9 Å². The molecule has 1 N–H and O–H groups in total. The molecule has 0 spiro atoms. The number of thiazole rings is 1. The number of nitrogens with one attached hydrogen (secondary N) is 1. The maximum atomic E-state index is 4.63. The summed E-state index contributed by atoms with van der Waals surface area (Å²) < 4.78 is 0. The van der Waals surface area contributed by atoms with Gasteiger partial charge in [-0.3, -0.25) is 0 Å². The fraction of sp³-hybridized carbons (Fsp3) is 0.533. The van der Waals surface area contributed by atoms with Crippen molar-refractivity contribution in [3.05, 3.63) is 38.9 Å². The summed E-state index contributed by atoms with van der Waals surface area (Å²) in [6.07, 6.45) is 0.720. The Morgan fingerprint density at radius 3 is 2.25 bits per heavy atom. The highest BCUT2D eigenvalue weighted by molar-refractivity contribution is 7.09. The van der Waals surface area contributed by atoms with Crippen LogP contribution in [0.25, 0.3) is 0 Å². The number of aromatic nitrogens is 3. The van der Waals surface area contributed by atoms with Crippen molar-refractivity contribution in [3.8, 4) is 0 Å². The first-order valence-corrected chi connectivity index (χ1v) is 7.81. The van der Waals surface area contributed by atoms with Crippen molar-refractivity contribution in [2.45, 2.75) is 53.6 Å². The molecule has 20 heavy (non-hydrogen) atoms. The molecule has 0 saturated carbocycles. The van der Waals surface area contributed by atoms with E-state index in [1.54, 1.807) is 11.3 Å². The largest absolute Gasteiger partial charge is 0.310 e. The van der Waals surface area contributed by atoms with Gasteiger partial charge in [0.05, 0.1) is 6.42 Å². The van der Waals surface area contributed by atoms with Gasteiger partial charge in [0.15, 0.2) is 0 Å². The highest BCUT2D eigenvalue weighted by Gasteiger charge is 2.10. The summed E-state index contributed by atoms with van der Waals surface area (Å²) in [6.45, 7) is 11.2. The highest BCUT2D eigenvalue weighted by atomic mass is 32.1. The van der Waals surface area contributed by atoms with E-state index in [1.165, 1.54) is 5.56 Å². The summed E-state index contributed by atoms with van der Waals surface area (Å²) >= 11 is 1.67. The van der Waals surface area contributed by atoms with Crippen molar-refractivity contribution in [2.24, 2.45) is 0 Å². The van der Waals surface area contributed by atoms with Crippen molar-refractivity contribution in [1.82, 2.24) is 20.3 Å². The molecule has 0 radical (unpaired) electrons. The van der Waals surface area contributed by atoms with Crippen molar-refractivity contribution in [1.29, 1.82) is 0 Å². The van der Waals surface area contributed by atoms with Crippen LogP contribution < -0.4 is 5.32 Å². The number of hydrogen-bond acceptors (Lipinski definition) is 5. The van der Waals surface area contributed by atoms with Gasteiger partial charge in [0.25, 0.3) is 0 Å². The zero-order chi connectivity index (χ0) is 14.7. The summed E-state index contributed by atoms with van der Waals surface area (Å²) in [5, 5.41) is 6.57. The molecule has 108 valence electrons. The van der Waals surface area contributed by atoms with E-state index in [0.29, 0.717) is 6.04 Å². The molecule has 0 saturated heterocycles. The third kappa shape index (κ3) is 3.84. The minimum Gasteiger partial charge on any atom is -0.310 e. The van der Waals surface area contributed by atoms with Gasteiger partial charge >= 0.3 is 0 Å². The first kappa shape index (κ1) is 15.1. The maximum absolute atomic E-state index is 4.63. The summed E-state index contributed by atoms with van der Waals surface area (Å²) in [5.74, 6) is 0.864. The molecular formula is C15H22N4S. The Morgan fingerprint density at radius 2 is 1.75 bits per heavy atom. The quantitative estimate of drug-likeness (QED) is 0.920. The van der Waals surface area contributed by atoms with Gasteiger partial charge < -0.3 is 5.32 Å². The summed E-state index contributed by atoms with van der Waals surface area (Å²) in [4.78, 5) is 13.7. The molecule has 2 aromatic heterocycles. The molecule has 5 heteroatoms. The van der Waals surface area contributed by atoms with Crippen LogP contribution in [0.3, 0.4) is 0 Å². The molecule has 4 nitrogen and oxygen atoms in total. The average molecular weight is 290 g/mol. The molecule has 0 aliphatic heterocycles. The van der Waals surface area contributed by atoms with E-state index < -0.39 is 0 Å². The summed E-state index contributed by atoms with van der Waals surface area (Å²) in [7, 11) is 0. The van der Waals surface area contributed by atoms with E-state index in [1.807, 2.05) is 6.92 Å². The SMILES string of the molecule is Cc1csc(Cc2nc(C)c(CNC(C)C)c(C)n2)n1. The van der Waals surface area contributed by atoms with Gasteiger partial charge in [0.1, 0.15) is 10.8 Å². The minimum atomic E-state index is 0.465. The van der Waals surface area contributed by atoms with Crippen LogP contribution in [-0.4, -0.2) is 21.0 Å². The van der Waals surface area contributed by atoms with Crippen LogP contribution in [0, 0.1) is 20.8 Å². The minimum absolute atomic E-state index is 0.465. The summed E-state index contributed by atoms with van der Waals surface area (Å²) in [5.41, 5.74) is 4.40. The zero-order valence-electron chi connectivity index (χ0n) is 12.8. The Balaban J connectivity index is 2.16. The van der Waals surface area contributed by atoms with E-state index in [9.17, 15) is 0 Å². The number of aryl methyl sites for hydroxylation is 3. The van der Waals surface area contributed by atoms with E-state index >= 15 is 0 Å². The number of nitrogens with zero attached hydrogens (tertiary/aromatic N) is 3. The molecule has 0 aliphatic carbocycles. The standard InChI is InChI=1S/C15H22N4S/c1-9(2)16-7-13-11(4)18-14(19-12(13)5)6-15-17-10(3)8-20-15/h8-9,16H,6-7H2,1-5H3. The van der Waals surface area contributed by atoms with Gasteiger partial charge in [0.2, 0.25) is 0 Å². The first-order valence-electron chi connectivity index (χ1n) is 6.93. The van der Waals surface area contributed by atoms with Gasteiger partial charge in [-0.1, -0.05) is 13.8 Å². The molecule has 2 aromatic rings. The zero-order valence-corrected chi connectivity index (χ0v) is 13.6. The second-order valence-electron chi connectivity index (χ2n) is 5.38. The van der Waals surface area contributed by atoms with Crippen molar-refractivity contribution >= 4 is 11.3 Å². The second-order valence-corrected chi connectivity index (χ2v) is 6.33. The molecule has 0 unspecified atom stereocenters. The molecule has 0 fully saturated rings. The topological polar surface area (TPSA) is 50.7 Å². The molecule has 0 aliphatic rings. The predicted octanol–water partition coefficient (Wildman–Crippen LogP) is 2.95. The lowest BCUT2D eigenvalue weighted by Crippen LogP contribution is -2.23. The van der Waals surface area contributed by atoms with Crippen LogP contribution in [0.1, 0.15) is 47.3 Å². The third-order valence-corrected chi connectivity index (χ3v) is 4.10. The molecule has 2 heterocycles. The Bertz CT molecular complexity index is 566. The van der Waals surface area contributed by atoms with Crippen LogP contribution >= 0.6 is 11.3 Å². The maximum Gasteiger partial charge on any atom is 0.135 e. The Hall–Kier alpha value is -1.33. The lowest BCUT2D eigenvalue weighted by atomic mass is 10.1. The van der Waals surface area contributed by atoms with Gasteiger partial charge in [0, 0.05) is 40.6 Å². The lowest BCUT2D eigenvalue weighted by molar-refractivity contribution is 0.582. The van der Waals surface area contributed by atoms with Crippen molar-refractivity contribution in [2.75, 3.05) is 0 Å². The van der Waals surface area contributed by atoms with Crippen LogP contribution in [0.2, 0.25) is 0 Å². The van der Waals surface area contributed by atoms with Crippen LogP contribution in [-0.2, 0) is 13.0 Å². The number of rotatable bonds is 5. The van der Waals surface area contributed by atoms with Crippen molar-refractivity contribution in [3.63, 3.8) is 0 Å². The molecule has 2 rings (SSSR count). The van der Waals surface area contributed by atoms with Crippen LogP contribution in [0.5, 0.6) is 0 Å². The van der Waals surface area contributed by atoms with Crippen LogP contribution in [0.4, 0.5) is 0 Å². The Morgan fingerprint density at radius 1 is 1.10 bits per heavy atom. The number of hydrogen-bond donors (Lipinski definition) is 1. The van der Waals surface area contributed by atoms with Gasteiger partial charge in [-0.2, -0.15) is 0 Å². The third-order valence-electron chi connectivity index (χ3n) is 3.13. The summed E-state index contributed by atoms with van der Waals surface area (Å²) in [6, 6.07) is 0.465. The average Bonchev–Trinajstić information content (AvgIpc) is 2.73. The Labute approximate surface area is 124 Å². The second kappa shape index (κ2) is 6.41. The molecule has 0 aromatic carbocycles. The Kier molecular flexibility index (Phi) is 4.83. The van der Waals surface area contributed by atoms with Crippen molar-refractivity contribution < 1.29 is 0 Å². The van der Waals surface area contributed by atoms with Gasteiger partial charge in [-0.15, -0.1) is 11.3 Å². The van der Waals surface area contributed by atoms with E-state index in [2.05, 4.69) is 53.3 Å². The lowest BCUT2D eigenvalue weighted by Gasteiger charge is -2.13.